The lowest BCUT2D eigenvalue weighted by molar-refractivity contribution is 0.566. The van der Waals surface area contributed by atoms with E-state index in [2.05, 4.69) is 369 Å². The summed E-state index contributed by atoms with van der Waals surface area (Å²) in [5.74, 6) is 4.47. The first-order chi connectivity index (χ1) is 69.6. The Morgan fingerprint density at radius 3 is 0.972 bits per heavy atom. The van der Waals surface area contributed by atoms with Crippen molar-refractivity contribution in [2.24, 2.45) is 15.0 Å². The van der Waals surface area contributed by atoms with Crippen LogP contribution in [0.1, 0.15) is 97.7 Å². The van der Waals surface area contributed by atoms with Gasteiger partial charge in [0.05, 0.1) is 40.2 Å². The molecule has 3 aliphatic heterocycles. The fourth-order valence-corrected chi connectivity index (χ4v) is 24.2. The highest BCUT2D eigenvalue weighted by Crippen LogP contribution is 2.55. The van der Waals surface area contributed by atoms with E-state index in [-0.39, 0.29) is 36.3 Å². The second-order valence-corrected chi connectivity index (χ2v) is 41.9. The molecule has 0 saturated heterocycles. The molecule has 24 aromatic rings. The molecule has 30 rings (SSSR count). The molecule has 22 N–H and O–H groups in total. The minimum Gasteiger partial charge on any atom is -0.399 e. The van der Waals surface area contributed by atoms with Gasteiger partial charge in [-0.1, -0.05) is 213 Å². The van der Waals surface area contributed by atoms with E-state index in [0.717, 1.165) is 224 Å². The Balaban J connectivity index is 0.0000000914. The number of hydrogen-bond acceptors (Lipinski definition) is 14. The maximum absolute atomic E-state index is 6.15. The van der Waals surface area contributed by atoms with Crippen LogP contribution in [0.4, 0.5) is 34.1 Å². The lowest BCUT2D eigenvalue weighted by Gasteiger charge is -2.30. The number of fused-ring (bicyclic) bond motifs is 35. The summed E-state index contributed by atoms with van der Waals surface area (Å²) in [6.07, 6.45) is 6.06. The average Bonchev–Trinajstić information content (AvgIpc) is 1.60. The Kier molecular flexibility index (Phi) is 20.9. The maximum atomic E-state index is 6.15. The van der Waals surface area contributed by atoms with E-state index in [1.807, 2.05) is 91.4 Å². The number of imidazole rings is 2. The van der Waals surface area contributed by atoms with E-state index < -0.39 is 0 Å². The number of H-pyrrole nitrogens is 7. The first kappa shape index (κ1) is 87.3. The van der Waals surface area contributed by atoms with Gasteiger partial charge in [-0.3, -0.25) is 15.0 Å². The van der Waals surface area contributed by atoms with Crippen molar-refractivity contribution in [1.82, 2.24) is 60.8 Å². The first-order valence-electron chi connectivity index (χ1n) is 47.0. The lowest BCUT2D eigenvalue weighted by atomic mass is 9.79. The summed E-state index contributed by atoms with van der Waals surface area (Å²) in [4.78, 5) is 49.8. The van der Waals surface area contributed by atoms with Crippen LogP contribution in [0, 0.1) is 13.8 Å². The van der Waals surface area contributed by atoms with Crippen LogP contribution in [0.3, 0.4) is 0 Å². The van der Waals surface area contributed by atoms with E-state index >= 15 is 0 Å². The van der Waals surface area contributed by atoms with Crippen LogP contribution in [0.2, 0.25) is 0 Å². The number of nitrogens with one attached hydrogen (secondary N) is 10. The highest BCUT2D eigenvalue weighted by Gasteiger charge is 2.43. The Morgan fingerprint density at radius 1 is 0.238 bits per heavy atom. The zero-order chi connectivity index (χ0) is 96.7. The molecular weight excluding hydrogens is 2100 g/mol. The molecule has 0 bridgehead atoms. The second kappa shape index (κ2) is 34.2. The van der Waals surface area contributed by atoms with Crippen LogP contribution >= 0.6 is 79.6 Å². The van der Waals surface area contributed by atoms with Crippen LogP contribution in [-0.4, -0.2) is 62.4 Å². The zero-order valence-corrected chi connectivity index (χ0v) is 84.5. The van der Waals surface area contributed by atoms with Crippen molar-refractivity contribution in [3.63, 3.8) is 0 Å². The fraction of sp³-hybridized carbons (Fsp3) is 0.0684. The number of amidine groups is 3. The average molecular weight is 2190 g/mol. The molecule has 7 aromatic heterocycles. The number of nitrogens with two attached hydrogens (primary N) is 6. The molecule has 6 atom stereocenters. The quantitative estimate of drug-likeness (QED) is 0.0567. The Labute approximate surface area is 859 Å². The molecule has 6 aliphatic rings. The van der Waals surface area contributed by atoms with Gasteiger partial charge in [0.25, 0.3) is 0 Å². The number of aromatic nitrogens is 9. The summed E-state index contributed by atoms with van der Waals surface area (Å²) in [7, 11) is 0. The van der Waals surface area contributed by atoms with Gasteiger partial charge in [-0.05, 0) is 266 Å². The third-order valence-corrected chi connectivity index (χ3v) is 31.2. The number of hydrogen-bond donors (Lipinski definition) is 16. The van der Waals surface area contributed by atoms with E-state index in [4.69, 9.17) is 59.3 Å². The number of aryl methyl sites for hydroxylation is 2. The van der Waals surface area contributed by atoms with Gasteiger partial charge in [-0.2, -0.15) is 0 Å². The van der Waals surface area contributed by atoms with Gasteiger partial charge in [0.1, 0.15) is 47.3 Å². The van der Waals surface area contributed by atoms with Gasteiger partial charge in [0.2, 0.25) is 0 Å². The molecule has 0 saturated carbocycles. The Morgan fingerprint density at radius 2 is 0.538 bits per heavy atom. The fourth-order valence-electron chi connectivity index (χ4n) is 22.4. The molecule has 0 fully saturated rings. The molecule has 21 nitrogen and oxygen atoms in total. The number of nitrogens with zero attached hydrogens (tertiary/aromatic N) is 5. The van der Waals surface area contributed by atoms with Crippen molar-refractivity contribution < 1.29 is 0 Å². The highest BCUT2D eigenvalue weighted by atomic mass is 79.9. The molecular formula is C117H86Br5N21. The van der Waals surface area contributed by atoms with Crippen LogP contribution in [0.15, 0.2) is 353 Å². The molecule has 17 aromatic carbocycles. The zero-order valence-electron chi connectivity index (χ0n) is 76.6. The summed E-state index contributed by atoms with van der Waals surface area (Å²) in [6, 6.07) is 102. The molecule has 0 amide bonds. The molecule has 6 unspecified atom stereocenters. The minimum absolute atomic E-state index is 0.0231. The topological polar surface area (TPSA) is 366 Å². The van der Waals surface area contributed by atoms with Crippen molar-refractivity contribution in [3.8, 4) is 56.2 Å². The second-order valence-electron chi connectivity index (χ2n) is 37.3. The standard InChI is InChI=1S/C24H15Br2N3.C24H21N5.C23H13Br2N3.C23H18BrN5.C23H19N5/c2*1-12-21(17-4-2-3-5-20(17)27-12)24-28-22-18-10-13(25)6-8-15(18)16-9-7-14(26)11-19(16)23(22)29-24;24-12-5-7-14-15-8-6-13(25)10-18(15)22-21(17(14)9-12)27-23(28-22)19-11-26-20-4-2-1-3-16(19)20;24-11-1-6-20-16(7-11)19(10-27-20)23-28-21-17-8-12(25)2-4-14(17)15-5-3-13(26)9-18(15)22(21)29-23;24-12-5-7-14-15-8-6-13(25)10-18(15)22-21(17(14)9-12)27-23(28-22)19-11-26-20-4-2-1-3-16(19)20/h2-11,27H,1H3,(H,28,29);2-11,22-23,27H,25-26H2,1H3,(H,28,29);1-11,26H,(H,27,28);1-10,21-22,27H,25-26H2,(H,28,29);1-11,21-22,26H,24-25H2,(H,27,28). The number of para-hydroxylation sites is 4. The Bertz CT molecular complexity index is 9460. The SMILES string of the molecule is Brc1ccc2c3ccc(Br)cc3c3[nH]c(-c4c[nH]c5ccccc45)nc3c2c1.Cc1[nH]c2ccccc2c1-c1nc2c3cc(Br)ccc3c3ccc(Br)cc3c2[nH]1.Cc1[nH]c2ccccc2c1C1=NC2c3cc(N)ccc3-c3ccc(N)cc3C2N1.Nc1ccc2c(c1)C1N=C(c3c[nH]c4ccc(Br)cc34)NC1c1cc(N)ccc1-2.Nc1ccc2c(c1)C1N=C(c3c[nH]c4ccccc34)NC1c1cc(N)ccc1-2. The summed E-state index contributed by atoms with van der Waals surface area (Å²) in [6.45, 7) is 4.20. The maximum Gasteiger partial charge on any atom is 0.140 e. The van der Waals surface area contributed by atoms with Gasteiger partial charge < -0.3 is 85.2 Å². The van der Waals surface area contributed by atoms with Crippen LogP contribution in [-0.2, 0) is 0 Å². The van der Waals surface area contributed by atoms with E-state index in [1.165, 1.54) is 87.8 Å². The summed E-state index contributed by atoms with van der Waals surface area (Å²) in [5.41, 5.74) is 72.8. The minimum atomic E-state index is -0.0464. The molecule has 10 heterocycles. The molecule has 3 aliphatic carbocycles. The van der Waals surface area contributed by atoms with Crippen molar-refractivity contribution in [2.45, 2.75) is 50.1 Å². The number of nitrogen functional groups attached to an aromatic ring is 6. The monoisotopic (exact) mass is 2180 g/mol. The van der Waals surface area contributed by atoms with Crippen LogP contribution < -0.4 is 50.4 Å². The van der Waals surface area contributed by atoms with Gasteiger partial charge in [0.15, 0.2) is 0 Å². The third-order valence-electron chi connectivity index (χ3n) is 28.7. The molecule has 0 spiro atoms. The number of rotatable bonds is 5. The smallest absolute Gasteiger partial charge is 0.140 e. The van der Waals surface area contributed by atoms with Crippen molar-refractivity contribution in [3.05, 3.63) is 400 Å². The normalized spacial score (nSPS) is 16.4. The number of benzene rings is 17. The van der Waals surface area contributed by atoms with E-state index in [1.54, 1.807) is 0 Å². The first-order valence-corrected chi connectivity index (χ1v) is 51.0. The highest BCUT2D eigenvalue weighted by molar-refractivity contribution is 9.11. The van der Waals surface area contributed by atoms with Crippen LogP contribution in [0.25, 0.3) is 176 Å². The molecule has 694 valence electrons. The number of halogens is 5. The van der Waals surface area contributed by atoms with Gasteiger partial charge in [-0.15, -0.1) is 0 Å². The number of anilines is 6. The van der Waals surface area contributed by atoms with E-state index in [0.29, 0.717) is 0 Å². The molecule has 26 heteroatoms. The predicted molar refractivity (Wildman–Crippen MR) is 607 cm³/mol. The predicted octanol–water partition coefficient (Wildman–Crippen LogP) is 28.9. The summed E-state index contributed by atoms with van der Waals surface area (Å²) >= 11 is 18.1. The van der Waals surface area contributed by atoms with Crippen molar-refractivity contribution in [1.29, 1.82) is 0 Å². The summed E-state index contributed by atoms with van der Waals surface area (Å²) < 4.78 is 5.26. The van der Waals surface area contributed by atoms with Crippen LogP contribution in [0.5, 0.6) is 0 Å². The molecule has 143 heavy (non-hydrogen) atoms. The van der Waals surface area contributed by atoms with E-state index in [9.17, 15) is 0 Å². The van der Waals surface area contributed by atoms with Gasteiger partial charge >= 0.3 is 0 Å². The lowest BCUT2D eigenvalue weighted by Crippen LogP contribution is -2.27. The van der Waals surface area contributed by atoms with Crippen molar-refractivity contribution >= 4 is 251 Å². The third kappa shape index (κ3) is 14.8. The molecule has 0 radical (unpaired) electrons. The summed E-state index contributed by atoms with van der Waals surface area (Å²) in [5, 5.41) is 26.3. The van der Waals surface area contributed by atoms with Gasteiger partial charge in [-0.25, -0.2) is 9.97 Å². The van der Waals surface area contributed by atoms with Gasteiger partial charge in [0, 0.05) is 190 Å². The number of aliphatic imine (C=N–C) groups is 3. The Hall–Kier alpha value is -16.0. The largest absolute Gasteiger partial charge is 0.399 e. The number of aromatic amines is 7. The van der Waals surface area contributed by atoms with Crippen molar-refractivity contribution in [2.75, 3.05) is 34.4 Å².